The van der Waals surface area contributed by atoms with Crippen molar-refractivity contribution < 1.29 is 23.6 Å². The zero-order valence-corrected chi connectivity index (χ0v) is 18.3. The second kappa shape index (κ2) is 8.73. The smallest absolute Gasteiger partial charge is 0.313 e. The van der Waals surface area contributed by atoms with E-state index in [0.29, 0.717) is 50.3 Å². The summed E-state index contributed by atoms with van der Waals surface area (Å²) in [6, 6.07) is 5.37. The minimum Gasteiger partial charge on any atom is -0.472 e. The number of aryl methyl sites for hydroxylation is 1. The van der Waals surface area contributed by atoms with Crippen LogP contribution >= 0.6 is 0 Å². The Hall–Kier alpha value is -3.62. The Kier molecular flexibility index (Phi) is 5.62. The first kappa shape index (κ1) is 21.2. The molecule has 3 aliphatic heterocycles. The molecule has 2 aromatic rings. The number of anilines is 2. The first-order chi connectivity index (χ1) is 16.0. The average Bonchev–Trinajstić information content (AvgIpc) is 3.51. The van der Waals surface area contributed by atoms with Crippen LogP contribution in [-0.4, -0.2) is 54.7 Å². The number of hydrogen-bond acceptors (Lipinski definition) is 5. The SMILES string of the molecule is O=C(NCC1CCN(C(=O)c2ccoc2)CC1)C(=O)Nc1cc2c3c(c1)CCN3C(=O)CC2. The molecule has 9 nitrogen and oxygen atoms in total. The highest BCUT2D eigenvalue weighted by Crippen LogP contribution is 2.38. The van der Waals surface area contributed by atoms with Crippen LogP contribution in [0.5, 0.6) is 0 Å². The molecule has 0 bridgehead atoms. The van der Waals surface area contributed by atoms with Gasteiger partial charge in [0, 0.05) is 38.3 Å². The Morgan fingerprint density at radius 3 is 2.48 bits per heavy atom. The highest BCUT2D eigenvalue weighted by Gasteiger charge is 2.32. The number of rotatable bonds is 4. The predicted molar refractivity (Wildman–Crippen MR) is 120 cm³/mol. The predicted octanol–water partition coefficient (Wildman–Crippen LogP) is 1.72. The van der Waals surface area contributed by atoms with Gasteiger partial charge in [-0.1, -0.05) is 0 Å². The number of benzene rings is 1. The summed E-state index contributed by atoms with van der Waals surface area (Å²) in [5.41, 5.74) is 4.18. The topological polar surface area (TPSA) is 112 Å². The monoisotopic (exact) mass is 450 g/mol. The molecule has 1 fully saturated rings. The number of piperidine rings is 1. The second-order valence-corrected chi connectivity index (χ2v) is 8.85. The second-order valence-electron chi connectivity index (χ2n) is 8.85. The summed E-state index contributed by atoms with van der Waals surface area (Å²) >= 11 is 0. The van der Waals surface area contributed by atoms with Gasteiger partial charge in [-0.25, -0.2) is 0 Å². The van der Waals surface area contributed by atoms with Gasteiger partial charge in [0.15, 0.2) is 0 Å². The average molecular weight is 450 g/mol. The Bertz CT molecular complexity index is 1100. The number of carbonyl (C=O) groups excluding carboxylic acids is 4. The molecule has 0 atom stereocenters. The summed E-state index contributed by atoms with van der Waals surface area (Å²) < 4.78 is 4.98. The summed E-state index contributed by atoms with van der Waals surface area (Å²) in [6.07, 6.45) is 6.31. The molecular weight excluding hydrogens is 424 g/mol. The van der Waals surface area contributed by atoms with Gasteiger partial charge in [-0.3, -0.25) is 19.2 Å². The molecule has 172 valence electrons. The fourth-order valence-electron chi connectivity index (χ4n) is 4.94. The molecule has 0 radical (unpaired) electrons. The van der Waals surface area contributed by atoms with E-state index in [1.54, 1.807) is 11.0 Å². The van der Waals surface area contributed by atoms with Crippen molar-refractivity contribution in [2.75, 3.05) is 36.4 Å². The molecule has 0 unspecified atom stereocenters. The third-order valence-corrected chi connectivity index (χ3v) is 6.74. The minimum atomic E-state index is -0.698. The van der Waals surface area contributed by atoms with E-state index in [-0.39, 0.29) is 17.7 Å². The summed E-state index contributed by atoms with van der Waals surface area (Å²) in [5, 5.41) is 5.43. The lowest BCUT2D eigenvalue weighted by molar-refractivity contribution is -0.136. The molecule has 0 aliphatic carbocycles. The van der Waals surface area contributed by atoms with Gasteiger partial charge < -0.3 is 24.9 Å². The van der Waals surface area contributed by atoms with E-state index < -0.39 is 11.8 Å². The van der Waals surface area contributed by atoms with E-state index in [2.05, 4.69) is 10.6 Å². The molecule has 1 aromatic carbocycles. The lowest BCUT2D eigenvalue weighted by Gasteiger charge is -2.31. The largest absolute Gasteiger partial charge is 0.472 e. The van der Waals surface area contributed by atoms with E-state index >= 15 is 0 Å². The summed E-state index contributed by atoms with van der Waals surface area (Å²) in [6.45, 7) is 2.28. The lowest BCUT2D eigenvalue weighted by atomic mass is 9.96. The first-order valence-electron chi connectivity index (χ1n) is 11.4. The van der Waals surface area contributed by atoms with Crippen LogP contribution in [0.25, 0.3) is 0 Å². The molecule has 2 N–H and O–H groups in total. The number of nitrogens with one attached hydrogen (secondary N) is 2. The number of hydrogen-bond donors (Lipinski definition) is 2. The van der Waals surface area contributed by atoms with Gasteiger partial charge in [0.05, 0.1) is 17.5 Å². The van der Waals surface area contributed by atoms with Crippen molar-refractivity contribution in [3.8, 4) is 0 Å². The van der Waals surface area contributed by atoms with Crippen molar-refractivity contribution in [2.45, 2.75) is 32.1 Å². The third kappa shape index (κ3) is 4.22. The van der Waals surface area contributed by atoms with Gasteiger partial charge >= 0.3 is 11.8 Å². The standard InChI is InChI=1S/C24H26N4O5/c29-20-2-1-16-11-19(12-17-5-9-28(20)21(16)17)26-23(31)22(30)25-13-15-3-7-27(8-4-15)24(32)18-6-10-33-14-18/h6,10-12,14-15H,1-5,7-9,13H2,(H,25,30)(H,26,31). The van der Waals surface area contributed by atoms with Crippen LogP contribution in [-0.2, 0) is 27.2 Å². The molecule has 33 heavy (non-hydrogen) atoms. The number of amides is 4. The Morgan fingerprint density at radius 1 is 1.00 bits per heavy atom. The van der Waals surface area contributed by atoms with Gasteiger partial charge in [0.1, 0.15) is 6.26 Å². The van der Waals surface area contributed by atoms with Crippen LogP contribution in [0, 0.1) is 5.92 Å². The Morgan fingerprint density at radius 2 is 1.76 bits per heavy atom. The van der Waals surface area contributed by atoms with Crippen LogP contribution in [0.15, 0.2) is 35.1 Å². The summed E-state index contributed by atoms with van der Waals surface area (Å²) in [7, 11) is 0. The highest BCUT2D eigenvalue weighted by molar-refractivity contribution is 6.39. The van der Waals surface area contributed by atoms with Gasteiger partial charge in [0.25, 0.3) is 5.91 Å². The van der Waals surface area contributed by atoms with Gasteiger partial charge in [0.2, 0.25) is 5.91 Å². The van der Waals surface area contributed by atoms with Crippen LogP contribution < -0.4 is 15.5 Å². The van der Waals surface area contributed by atoms with E-state index in [0.717, 1.165) is 36.1 Å². The van der Waals surface area contributed by atoms with E-state index in [1.165, 1.54) is 12.5 Å². The minimum absolute atomic E-state index is 0.0496. The normalized spacial score (nSPS) is 17.6. The van der Waals surface area contributed by atoms with Gasteiger partial charge in [-0.15, -0.1) is 0 Å². The van der Waals surface area contributed by atoms with Crippen LogP contribution in [0.2, 0.25) is 0 Å². The molecule has 4 amide bonds. The molecule has 1 aromatic heterocycles. The van der Waals surface area contributed by atoms with E-state index in [4.69, 9.17) is 4.42 Å². The van der Waals surface area contributed by atoms with Crippen LogP contribution in [0.3, 0.4) is 0 Å². The fourth-order valence-corrected chi connectivity index (χ4v) is 4.94. The molecule has 0 spiro atoms. The maximum absolute atomic E-state index is 12.4. The van der Waals surface area contributed by atoms with E-state index in [9.17, 15) is 19.2 Å². The molecule has 4 heterocycles. The quantitative estimate of drug-likeness (QED) is 0.689. The number of nitrogens with zero attached hydrogens (tertiary/aromatic N) is 2. The van der Waals surface area contributed by atoms with Crippen molar-refractivity contribution in [1.82, 2.24) is 10.2 Å². The van der Waals surface area contributed by atoms with Crippen molar-refractivity contribution >= 4 is 35.0 Å². The maximum atomic E-state index is 12.4. The maximum Gasteiger partial charge on any atom is 0.313 e. The van der Waals surface area contributed by atoms with Gasteiger partial charge in [-0.05, 0) is 60.9 Å². The molecule has 0 saturated carbocycles. The molecular formula is C24H26N4O5. The fraction of sp³-hybridized carbons (Fsp3) is 0.417. The van der Waals surface area contributed by atoms with Gasteiger partial charge in [-0.2, -0.15) is 0 Å². The number of furan rings is 1. The number of likely N-dealkylation sites (tertiary alicyclic amines) is 1. The Balaban J connectivity index is 1.11. The first-order valence-corrected chi connectivity index (χ1v) is 11.4. The van der Waals surface area contributed by atoms with Crippen molar-refractivity contribution in [3.63, 3.8) is 0 Å². The van der Waals surface area contributed by atoms with Crippen LogP contribution in [0.4, 0.5) is 11.4 Å². The Labute approximate surface area is 191 Å². The van der Waals surface area contributed by atoms with Crippen molar-refractivity contribution in [2.24, 2.45) is 5.92 Å². The summed E-state index contributed by atoms with van der Waals surface area (Å²) in [5.74, 6) is -1.06. The highest BCUT2D eigenvalue weighted by atomic mass is 16.3. The number of carbonyl (C=O) groups is 4. The third-order valence-electron chi connectivity index (χ3n) is 6.74. The summed E-state index contributed by atoms with van der Waals surface area (Å²) in [4.78, 5) is 52.8. The lowest BCUT2D eigenvalue weighted by Crippen LogP contribution is -2.43. The van der Waals surface area contributed by atoms with Crippen molar-refractivity contribution in [1.29, 1.82) is 0 Å². The molecule has 5 rings (SSSR count). The molecule has 9 heteroatoms. The molecule has 3 aliphatic rings. The van der Waals surface area contributed by atoms with Crippen molar-refractivity contribution in [3.05, 3.63) is 47.4 Å². The van der Waals surface area contributed by atoms with Crippen LogP contribution in [0.1, 0.15) is 40.7 Å². The van der Waals surface area contributed by atoms with E-state index in [1.807, 2.05) is 17.0 Å². The molecule has 1 saturated heterocycles. The zero-order valence-electron chi connectivity index (χ0n) is 18.3. The zero-order chi connectivity index (χ0) is 22.9.